The molecule has 1 aromatic heterocycles. The van der Waals surface area contributed by atoms with Crippen molar-refractivity contribution >= 4 is 22.4 Å². The van der Waals surface area contributed by atoms with Crippen molar-refractivity contribution in [1.29, 1.82) is 0 Å². The lowest BCUT2D eigenvalue weighted by molar-refractivity contribution is 0.121. The predicted molar refractivity (Wildman–Crippen MR) is 76.0 cm³/mol. The van der Waals surface area contributed by atoms with E-state index in [4.69, 9.17) is 5.73 Å². The number of alkyl halides is 2. The fourth-order valence-electron chi connectivity index (χ4n) is 2.25. The van der Waals surface area contributed by atoms with E-state index in [-0.39, 0.29) is 29.4 Å². The Hall–Kier alpha value is -0.770. The fraction of sp³-hybridized carbons (Fsp3) is 0.727. The lowest BCUT2D eigenvalue weighted by Gasteiger charge is -2.26. The highest BCUT2D eigenvalue weighted by Crippen LogP contribution is 2.19. The van der Waals surface area contributed by atoms with E-state index in [0.29, 0.717) is 12.8 Å². The van der Waals surface area contributed by atoms with Gasteiger partial charge in [0, 0.05) is 18.3 Å². The number of rotatable bonds is 5. The van der Waals surface area contributed by atoms with Gasteiger partial charge < -0.3 is 5.73 Å². The Kier molecular flexibility index (Phi) is 6.51. The molecule has 1 fully saturated rings. The molecule has 1 saturated carbocycles. The summed E-state index contributed by atoms with van der Waals surface area (Å²) in [5, 5.41) is 3.63. The molecule has 1 aliphatic carbocycles. The van der Waals surface area contributed by atoms with Crippen LogP contribution in [0.2, 0.25) is 0 Å². The Morgan fingerprint density at radius 3 is 2.57 bits per heavy atom. The van der Waals surface area contributed by atoms with Crippen molar-refractivity contribution in [3.63, 3.8) is 0 Å². The van der Waals surface area contributed by atoms with E-state index in [1.807, 2.05) is 0 Å². The van der Waals surface area contributed by atoms with Gasteiger partial charge in [-0.1, -0.05) is 0 Å². The standard InChI is InChI=1S/C11H18F2N4O2S.ClH/c12-11(13)7-17-6-10(5-15-17)20(18,19)16-9-3-1-8(14)2-4-9;/h5-6,8-9,11,16H,1-4,7,14H2;1H. The van der Waals surface area contributed by atoms with Gasteiger partial charge >= 0.3 is 0 Å². The molecule has 21 heavy (non-hydrogen) atoms. The topological polar surface area (TPSA) is 90.0 Å². The third kappa shape index (κ3) is 5.17. The third-order valence-electron chi connectivity index (χ3n) is 3.34. The number of nitrogens with zero attached hydrogens (tertiary/aromatic N) is 2. The zero-order valence-corrected chi connectivity index (χ0v) is 12.9. The number of halogens is 3. The van der Waals surface area contributed by atoms with E-state index in [1.165, 1.54) is 0 Å². The Morgan fingerprint density at radius 2 is 2.00 bits per heavy atom. The van der Waals surface area contributed by atoms with Gasteiger partial charge in [0.1, 0.15) is 11.4 Å². The number of aromatic nitrogens is 2. The van der Waals surface area contributed by atoms with Crippen LogP contribution in [-0.2, 0) is 16.6 Å². The molecule has 0 saturated heterocycles. The molecule has 0 amide bonds. The SMILES string of the molecule is Cl.NC1CCC(NS(=O)(=O)c2cnn(CC(F)F)c2)CC1. The molecule has 0 spiro atoms. The summed E-state index contributed by atoms with van der Waals surface area (Å²) >= 11 is 0. The zero-order chi connectivity index (χ0) is 14.8. The molecule has 0 radical (unpaired) electrons. The third-order valence-corrected chi connectivity index (χ3v) is 4.81. The van der Waals surface area contributed by atoms with Gasteiger partial charge in [0.2, 0.25) is 10.0 Å². The zero-order valence-electron chi connectivity index (χ0n) is 11.3. The first-order valence-corrected chi connectivity index (χ1v) is 7.93. The molecule has 1 aliphatic rings. The summed E-state index contributed by atoms with van der Waals surface area (Å²) in [6.45, 7) is -0.617. The van der Waals surface area contributed by atoms with Gasteiger partial charge in [0.15, 0.2) is 0 Å². The first-order valence-electron chi connectivity index (χ1n) is 6.45. The molecule has 1 heterocycles. The molecule has 0 bridgehead atoms. The highest BCUT2D eigenvalue weighted by atomic mass is 35.5. The predicted octanol–water partition coefficient (Wildman–Crippen LogP) is 1.12. The van der Waals surface area contributed by atoms with Gasteiger partial charge in [-0.3, -0.25) is 4.68 Å². The molecule has 0 atom stereocenters. The Morgan fingerprint density at radius 1 is 1.38 bits per heavy atom. The van der Waals surface area contributed by atoms with Gasteiger partial charge in [0.05, 0.1) is 6.20 Å². The number of nitrogens with one attached hydrogen (secondary N) is 1. The van der Waals surface area contributed by atoms with Crippen LogP contribution in [0.4, 0.5) is 8.78 Å². The van der Waals surface area contributed by atoms with Crippen molar-refractivity contribution in [2.45, 2.75) is 55.6 Å². The van der Waals surface area contributed by atoms with Gasteiger partial charge in [-0.05, 0) is 25.7 Å². The Bertz CT molecular complexity index is 544. The molecule has 0 unspecified atom stereocenters. The molecule has 6 nitrogen and oxygen atoms in total. The second kappa shape index (κ2) is 7.48. The van der Waals surface area contributed by atoms with Crippen molar-refractivity contribution in [1.82, 2.24) is 14.5 Å². The van der Waals surface area contributed by atoms with E-state index in [2.05, 4.69) is 9.82 Å². The maximum absolute atomic E-state index is 12.2. The molecule has 122 valence electrons. The molecular formula is C11H19ClF2N4O2S. The van der Waals surface area contributed by atoms with E-state index >= 15 is 0 Å². The average molecular weight is 345 g/mol. The monoisotopic (exact) mass is 344 g/mol. The largest absolute Gasteiger partial charge is 0.328 e. The highest BCUT2D eigenvalue weighted by molar-refractivity contribution is 7.89. The lowest BCUT2D eigenvalue weighted by Crippen LogP contribution is -2.40. The minimum Gasteiger partial charge on any atom is -0.328 e. The van der Waals surface area contributed by atoms with Crippen LogP contribution in [-0.4, -0.2) is 36.7 Å². The first kappa shape index (κ1) is 18.3. The van der Waals surface area contributed by atoms with Crippen LogP contribution in [0, 0.1) is 0 Å². The average Bonchev–Trinajstić information content (AvgIpc) is 2.80. The summed E-state index contributed by atoms with van der Waals surface area (Å²) in [5.41, 5.74) is 5.76. The summed E-state index contributed by atoms with van der Waals surface area (Å²) in [5.74, 6) is 0. The van der Waals surface area contributed by atoms with E-state index < -0.39 is 23.0 Å². The minimum absolute atomic E-state index is 0. The van der Waals surface area contributed by atoms with Crippen LogP contribution >= 0.6 is 12.4 Å². The Labute approximate surface area is 128 Å². The molecule has 0 aromatic carbocycles. The molecule has 2 rings (SSSR count). The van der Waals surface area contributed by atoms with Crippen molar-refractivity contribution in [2.24, 2.45) is 5.73 Å². The van der Waals surface area contributed by atoms with Crippen molar-refractivity contribution in [3.8, 4) is 0 Å². The number of hydrogen-bond acceptors (Lipinski definition) is 4. The van der Waals surface area contributed by atoms with Crippen molar-refractivity contribution < 1.29 is 17.2 Å². The van der Waals surface area contributed by atoms with Gasteiger partial charge in [-0.2, -0.15) is 5.10 Å². The van der Waals surface area contributed by atoms with Crippen molar-refractivity contribution in [2.75, 3.05) is 0 Å². The smallest absolute Gasteiger partial charge is 0.257 e. The summed E-state index contributed by atoms with van der Waals surface area (Å²) in [4.78, 5) is -0.0898. The van der Waals surface area contributed by atoms with Crippen molar-refractivity contribution in [3.05, 3.63) is 12.4 Å². The number of hydrogen-bond donors (Lipinski definition) is 2. The number of sulfonamides is 1. The first-order chi connectivity index (χ1) is 9.37. The second-order valence-electron chi connectivity index (χ2n) is 5.02. The van der Waals surface area contributed by atoms with Crippen LogP contribution in [0.15, 0.2) is 17.3 Å². The quantitative estimate of drug-likeness (QED) is 0.837. The summed E-state index contributed by atoms with van der Waals surface area (Å²) < 4.78 is 52.1. The normalized spacial score (nSPS) is 23.0. The van der Waals surface area contributed by atoms with Crippen LogP contribution in [0.5, 0.6) is 0 Å². The fourth-order valence-corrected chi connectivity index (χ4v) is 3.51. The number of nitrogens with two attached hydrogens (primary N) is 1. The van der Waals surface area contributed by atoms with Gasteiger partial charge in [0.25, 0.3) is 6.43 Å². The minimum atomic E-state index is -3.71. The van der Waals surface area contributed by atoms with Crippen LogP contribution in [0.25, 0.3) is 0 Å². The van der Waals surface area contributed by atoms with Gasteiger partial charge in [-0.25, -0.2) is 21.9 Å². The molecule has 10 heteroatoms. The summed E-state index contributed by atoms with van der Waals surface area (Å²) in [6, 6.07) is -0.0252. The second-order valence-corrected chi connectivity index (χ2v) is 6.74. The highest BCUT2D eigenvalue weighted by Gasteiger charge is 2.25. The van der Waals surface area contributed by atoms with Crippen LogP contribution in [0.3, 0.4) is 0 Å². The maximum Gasteiger partial charge on any atom is 0.257 e. The van der Waals surface area contributed by atoms with E-state index in [9.17, 15) is 17.2 Å². The summed E-state index contributed by atoms with van der Waals surface area (Å²) in [7, 11) is -3.71. The van der Waals surface area contributed by atoms with E-state index in [1.54, 1.807) is 0 Å². The molecule has 3 N–H and O–H groups in total. The lowest BCUT2D eigenvalue weighted by atomic mass is 9.93. The van der Waals surface area contributed by atoms with Crippen LogP contribution < -0.4 is 10.5 Å². The van der Waals surface area contributed by atoms with E-state index in [0.717, 1.165) is 29.9 Å². The van der Waals surface area contributed by atoms with Gasteiger partial charge in [-0.15, -0.1) is 12.4 Å². The van der Waals surface area contributed by atoms with Crippen LogP contribution in [0.1, 0.15) is 25.7 Å². The summed E-state index contributed by atoms with van der Waals surface area (Å²) in [6.07, 6.45) is 2.55. The Balaban J connectivity index is 0.00000220. The maximum atomic E-state index is 12.2. The molecule has 0 aliphatic heterocycles. The molecular weight excluding hydrogens is 326 g/mol. The molecule has 1 aromatic rings.